The first-order valence-corrected chi connectivity index (χ1v) is 7.10. The van der Waals surface area contributed by atoms with Gasteiger partial charge in [-0.1, -0.05) is 20.3 Å². The zero-order chi connectivity index (χ0) is 13.8. The number of nitrogens with zero attached hydrogens (tertiary/aromatic N) is 1. The fourth-order valence-electron chi connectivity index (χ4n) is 2.75. The third-order valence-corrected chi connectivity index (χ3v) is 3.84. The maximum atomic E-state index is 13.4. The van der Waals surface area contributed by atoms with E-state index in [1.807, 2.05) is 0 Å². The van der Waals surface area contributed by atoms with Gasteiger partial charge >= 0.3 is 0 Å². The van der Waals surface area contributed by atoms with Crippen LogP contribution in [0.25, 0.3) is 0 Å². The largest absolute Gasteiger partial charge is 0.366 e. The highest BCUT2D eigenvalue weighted by Gasteiger charge is 2.26. The number of rotatable bonds is 4. The lowest BCUT2D eigenvalue weighted by atomic mass is 10.0. The Hall–Kier alpha value is -1.16. The predicted molar refractivity (Wildman–Crippen MR) is 74.5 cm³/mol. The van der Waals surface area contributed by atoms with Crippen LogP contribution in [-0.2, 0) is 0 Å². The molecule has 1 fully saturated rings. The summed E-state index contributed by atoms with van der Waals surface area (Å²) in [5.74, 6) is -1.55. The van der Waals surface area contributed by atoms with Gasteiger partial charge in [-0.25, -0.2) is 8.78 Å². The van der Waals surface area contributed by atoms with Crippen LogP contribution in [0.1, 0.15) is 33.1 Å². The predicted octanol–water partition coefficient (Wildman–Crippen LogP) is 3.32. The van der Waals surface area contributed by atoms with E-state index in [0.717, 1.165) is 38.0 Å². The summed E-state index contributed by atoms with van der Waals surface area (Å²) in [6.45, 7) is 6.05. The minimum absolute atomic E-state index is 0.345. The van der Waals surface area contributed by atoms with E-state index in [9.17, 15) is 8.78 Å². The Labute approximate surface area is 113 Å². The van der Waals surface area contributed by atoms with Crippen LogP contribution in [0.4, 0.5) is 14.5 Å². The van der Waals surface area contributed by atoms with Crippen LogP contribution >= 0.6 is 0 Å². The first-order chi connectivity index (χ1) is 9.15. The number of hydrogen-bond donors (Lipinski definition) is 1. The fourth-order valence-corrected chi connectivity index (χ4v) is 2.75. The minimum atomic E-state index is -0.781. The molecule has 0 spiro atoms. The molecule has 0 saturated carbocycles. The SMILES string of the molecule is CCCC1CN(c2ccc(F)c(F)c2)C(CC)CN1. The third-order valence-electron chi connectivity index (χ3n) is 3.84. The van der Waals surface area contributed by atoms with Gasteiger partial charge in [0.2, 0.25) is 0 Å². The molecule has 2 rings (SSSR count). The molecule has 1 aliphatic rings. The Kier molecular flexibility index (Phi) is 4.75. The molecule has 0 aliphatic carbocycles. The molecule has 2 atom stereocenters. The number of halogens is 2. The standard InChI is InChI=1S/C15H22F2N2/c1-3-5-11-10-19(12(4-2)9-18-11)13-6-7-14(16)15(17)8-13/h6-8,11-12,18H,3-5,9-10H2,1-2H3. The molecule has 0 bridgehead atoms. The van der Waals surface area contributed by atoms with Gasteiger partial charge in [0.25, 0.3) is 0 Å². The quantitative estimate of drug-likeness (QED) is 0.901. The molecule has 1 N–H and O–H groups in total. The molecule has 0 amide bonds. The minimum Gasteiger partial charge on any atom is -0.366 e. The lowest BCUT2D eigenvalue weighted by molar-refractivity contribution is 0.368. The molecule has 19 heavy (non-hydrogen) atoms. The van der Waals surface area contributed by atoms with Crippen molar-refractivity contribution in [1.82, 2.24) is 5.32 Å². The zero-order valence-electron chi connectivity index (χ0n) is 11.6. The van der Waals surface area contributed by atoms with E-state index in [1.165, 1.54) is 12.1 Å². The summed E-state index contributed by atoms with van der Waals surface area (Å²) in [4.78, 5) is 2.21. The van der Waals surface area contributed by atoms with Crippen LogP contribution in [0.2, 0.25) is 0 Å². The van der Waals surface area contributed by atoms with Crippen molar-refractivity contribution in [2.24, 2.45) is 0 Å². The van der Waals surface area contributed by atoms with Gasteiger partial charge in [0.15, 0.2) is 11.6 Å². The number of anilines is 1. The molecular weight excluding hydrogens is 246 g/mol. The van der Waals surface area contributed by atoms with Crippen molar-refractivity contribution in [1.29, 1.82) is 0 Å². The van der Waals surface area contributed by atoms with E-state index < -0.39 is 11.6 Å². The highest BCUT2D eigenvalue weighted by atomic mass is 19.2. The van der Waals surface area contributed by atoms with Crippen LogP contribution in [0, 0.1) is 11.6 Å². The van der Waals surface area contributed by atoms with Crippen LogP contribution in [0.5, 0.6) is 0 Å². The van der Waals surface area contributed by atoms with Crippen molar-refractivity contribution < 1.29 is 8.78 Å². The molecule has 4 heteroatoms. The number of piperazine rings is 1. The Bertz CT molecular complexity index is 423. The van der Waals surface area contributed by atoms with E-state index in [0.29, 0.717) is 12.1 Å². The van der Waals surface area contributed by atoms with Crippen molar-refractivity contribution in [2.75, 3.05) is 18.0 Å². The average Bonchev–Trinajstić information content (AvgIpc) is 2.42. The van der Waals surface area contributed by atoms with Gasteiger partial charge in [0, 0.05) is 36.9 Å². The Morgan fingerprint density at radius 3 is 2.68 bits per heavy atom. The topological polar surface area (TPSA) is 15.3 Å². The molecule has 1 aliphatic heterocycles. The van der Waals surface area contributed by atoms with E-state index >= 15 is 0 Å². The van der Waals surface area contributed by atoms with E-state index in [4.69, 9.17) is 0 Å². The summed E-state index contributed by atoms with van der Waals surface area (Å²) in [5.41, 5.74) is 0.786. The van der Waals surface area contributed by atoms with Gasteiger partial charge in [-0.2, -0.15) is 0 Å². The van der Waals surface area contributed by atoms with Crippen LogP contribution < -0.4 is 10.2 Å². The van der Waals surface area contributed by atoms with Crippen LogP contribution in [0.3, 0.4) is 0 Å². The summed E-state index contributed by atoms with van der Waals surface area (Å²) < 4.78 is 26.4. The first-order valence-electron chi connectivity index (χ1n) is 7.10. The molecule has 1 aromatic rings. The van der Waals surface area contributed by atoms with Crippen molar-refractivity contribution >= 4 is 5.69 Å². The second kappa shape index (κ2) is 6.33. The summed E-state index contributed by atoms with van der Waals surface area (Å²) >= 11 is 0. The third kappa shape index (κ3) is 3.24. The second-order valence-electron chi connectivity index (χ2n) is 5.21. The lowest BCUT2D eigenvalue weighted by Gasteiger charge is -2.41. The van der Waals surface area contributed by atoms with Crippen molar-refractivity contribution in [3.8, 4) is 0 Å². The van der Waals surface area contributed by atoms with E-state index in [-0.39, 0.29) is 0 Å². The monoisotopic (exact) mass is 268 g/mol. The maximum Gasteiger partial charge on any atom is 0.160 e. The molecule has 1 saturated heterocycles. The molecule has 1 aromatic carbocycles. The Balaban J connectivity index is 2.19. The normalized spacial score (nSPS) is 23.7. The highest BCUT2D eigenvalue weighted by molar-refractivity contribution is 5.48. The number of benzene rings is 1. The van der Waals surface area contributed by atoms with Crippen LogP contribution in [-0.4, -0.2) is 25.2 Å². The van der Waals surface area contributed by atoms with Gasteiger partial charge in [0.05, 0.1) is 0 Å². The van der Waals surface area contributed by atoms with Gasteiger partial charge in [-0.05, 0) is 25.0 Å². The van der Waals surface area contributed by atoms with Gasteiger partial charge in [-0.3, -0.25) is 0 Å². The molecule has 0 aromatic heterocycles. The summed E-state index contributed by atoms with van der Waals surface area (Å²) in [7, 11) is 0. The Morgan fingerprint density at radius 2 is 2.05 bits per heavy atom. The molecule has 0 radical (unpaired) electrons. The lowest BCUT2D eigenvalue weighted by Crippen LogP contribution is -2.56. The van der Waals surface area contributed by atoms with E-state index in [1.54, 1.807) is 6.07 Å². The first kappa shape index (κ1) is 14.3. The highest BCUT2D eigenvalue weighted by Crippen LogP contribution is 2.24. The van der Waals surface area contributed by atoms with Crippen molar-refractivity contribution in [3.63, 3.8) is 0 Å². The summed E-state index contributed by atoms with van der Waals surface area (Å²) in [6.07, 6.45) is 3.22. The summed E-state index contributed by atoms with van der Waals surface area (Å²) in [6, 6.07) is 4.98. The van der Waals surface area contributed by atoms with E-state index in [2.05, 4.69) is 24.1 Å². The maximum absolute atomic E-state index is 13.4. The summed E-state index contributed by atoms with van der Waals surface area (Å²) in [5, 5.41) is 3.54. The second-order valence-corrected chi connectivity index (χ2v) is 5.21. The average molecular weight is 268 g/mol. The van der Waals surface area contributed by atoms with Gasteiger partial charge in [0.1, 0.15) is 0 Å². The molecule has 2 unspecified atom stereocenters. The van der Waals surface area contributed by atoms with Crippen LogP contribution in [0.15, 0.2) is 18.2 Å². The Morgan fingerprint density at radius 1 is 1.26 bits per heavy atom. The molecule has 2 nitrogen and oxygen atoms in total. The molecule has 106 valence electrons. The van der Waals surface area contributed by atoms with Crippen molar-refractivity contribution in [2.45, 2.75) is 45.2 Å². The zero-order valence-corrected chi connectivity index (χ0v) is 11.6. The molecular formula is C15H22F2N2. The number of nitrogens with one attached hydrogen (secondary N) is 1. The van der Waals surface area contributed by atoms with Gasteiger partial charge < -0.3 is 10.2 Å². The van der Waals surface area contributed by atoms with Crippen molar-refractivity contribution in [3.05, 3.63) is 29.8 Å². The number of hydrogen-bond acceptors (Lipinski definition) is 2. The smallest absolute Gasteiger partial charge is 0.160 e. The molecule has 1 heterocycles. The van der Waals surface area contributed by atoms with Gasteiger partial charge in [-0.15, -0.1) is 0 Å². The fraction of sp³-hybridized carbons (Fsp3) is 0.600.